The maximum atomic E-state index is 11.6. The first-order chi connectivity index (χ1) is 12.2. The number of benzene rings is 1. The van der Waals surface area contributed by atoms with Crippen LogP contribution in [-0.2, 0) is 11.3 Å². The van der Waals surface area contributed by atoms with E-state index in [4.69, 9.17) is 9.47 Å². The van der Waals surface area contributed by atoms with Crippen molar-refractivity contribution in [3.05, 3.63) is 29.8 Å². The van der Waals surface area contributed by atoms with Crippen molar-refractivity contribution in [2.75, 3.05) is 20.1 Å². The number of carbonyl (C=O) groups is 1. The van der Waals surface area contributed by atoms with Gasteiger partial charge in [-0.25, -0.2) is 4.79 Å². The second kappa shape index (κ2) is 10.5. The maximum absolute atomic E-state index is 11.6. The number of ether oxygens (including phenoxy) is 2. The first kappa shape index (κ1) is 21.6. The minimum absolute atomic E-state index is 0.163. The van der Waals surface area contributed by atoms with E-state index in [2.05, 4.69) is 20.9 Å². The van der Waals surface area contributed by atoms with Gasteiger partial charge in [-0.3, -0.25) is 4.99 Å². The number of carbonyl (C=O) groups excluding carboxylic acids is 1. The summed E-state index contributed by atoms with van der Waals surface area (Å²) in [4.78, 5) is 15.7. The molecular weight excluding hydrogens is 332 g/mol. The monoisotopic (exact) mass is 364 g/mol. The normalized spacial score (nSPS) is 11.9. The SMILES string of the molecule is CN=C(NCCNC(=O)OC(C)(C)C)NCc1ccc(OC(C)C)cc1. The van der Waals surface area contributed by atoms with Crippen molar-refractivity contribution in [2.45, 2.75) is 52.9 Å². The summed E-state index contributed by atoms with van der Waals surface area (Å²) >= 11 is 0. The van der Waals surface area contributed by atoms with Gasteiger partial charge in [-0.2, -0.15) is 0 Å². The largest absolute Gasteiger partial charge is 0.491 e. The molecule has 0 radical (unpaired) electrons. The number of hydrogen-bond acceptors (Lipinski definition) is 4. The van der Waals surface area contributed by atoms with Gasteiger partial charge in [0, 0.05) is 26.7 Å². The minimum Gasteiger partial charge on any atom is -0.491 e. The molecule has 7 heteroatoms. The van der Waals surface area contributed by atoms with Crippen molar-refractivity contribution < 1.29 is 14.3 Å². The van der Waals surface area contributed by atoms with Crippen molar-refractivity contribution in [3.8, 4) is 5.75 Å². The summed E-state index contributed by atoms with van der Waals surface area (Å²) < 4.78 is 10.8. The highest BCUT2D eigenvalue weighted by molar-refractivity contribution is 5.79. The molecule has 0 unspecified atom stereocenters. The van der Waals surface area contributed by atoms with Crippen LogP contribution in [0, 0.1) is 0 Å². The summed E-state index contributed by atoms with van der Waals surface area (Å²) in [5.74, 6) is 1.53. The first-order valence-electron chi connectivity index (χ1n) is 8.86. The fourth-order valence-electron chi connectivity index (χ4n) is 2.02. The van der Waals surface area contributed by atoms with Crippen molar-refractivity contribution in [1.29, 1.82) is 0 Å². The fourth-order valence-corrected chi connectivity index (χ4v) is 2.02. The van der Waals surface area contributed by atoms with Gasteiger partial charge in [0.1, 0.15) is 11.4 Å². The van der Waals surface area contributed by atoms with Gasteiger partial charge in [0.05, 0.1) is 6.10 Å². The molecule has 26 heavy (non-hydrogen) atoms. The smallest absolute Gasteiger partial charge is 0.407 e. The number of rotatable bonds is 7. The van der Waals surface area contributed by atoms with Crippen molar-refractivity contribution >= 4 is 12.1 Å². The number of guanidine groups is 1. The van der Waals surface area contributed by atoms with Gasteiger partial charge < -0.3 is 25.4 Å². The Labute approximate surface area is 156 Å². The molecule has 1 amide bonds. The van der Waals surface area contributed by atoms with E-state index in [-0.39, 0.29) is 6.10 Å². The van der Waals surface area contributed by atoms with Crippen LogP contribution in [0.1, 0.15) is 40.2 Å². The van der Waals surface area contributed by atoms with Gasteiger partial charge >= 0.3 is 6.09 Å². The second-order valence-corrected chi connectivity index (χ2v) is 7.09. The molecule has 0 saturated heterocycles. The summed E-state index contributed by atoms with van der Waals surface area (Å²) in [5.41, 5.74) is 0.626. The fraction of sp³-hybridized carbons (Fsp3) is 0.579. The lowest BCUT2D eigenvalue weighted by atomic mass is 10.2. The van der Waals surface area contributed by atoms with Crippen molar-refractivity contribution in [3.63, 3.8) is 0 Å². The molecular formula is C19H32N4O3. The number of hydrogen-bond donors (Lipinski definition) is 3. The van der Waals surface area contributed by atoms with E-state index >= 15 is 0 Å². The summed E-state index contributed by atoms with van der Waals surface area (Å²) in [6.45, 7) is 11.1. The Bertz CT molecular complexity index is 577. The van der Waals surface area contributed by atoms with Crippen LogP contribution in [0.15, 0.2) is 29.3 Å². The van der Waals surface area contributed by atoms with E-state index < -0.39 is 11.7 Å². The zero-order chi connectivity index (χ0) is 19.6. The number of alkyl carbamates (subject to hydrolysis) is 1. The third kappa shape index (κ3) is 9.76. The van der Waals surface area contributed by atoms with Gasteiger partial charge in [0.25, 0.3) is 0 Å². The minimum atomic E-state index is -0.495. The first-order valence-corrected chi connectivity index (χ1v) is 8.86. The van der Waals surface area contributed by atoms with Crippen LogP contribution < -0.4 is 20.7 Å². The zero-order valence-electron chi connectivity index (χ0n) is 16.7. The Balaban J connectivity index is 2.29. The molecule has 0 saturated carbocycles. The van der Waals surface area contributed by atoms with Crippen LogP contribution in [0.25, 0.3) is 0 Å². The maximum Gasteiger partial charge on any atom is 0.407 e. The summed E-state index contributed by atoms with van der Waals surface area (Å²) in [6, 6.07) is 7.94. The molecule has 0 bridgehead atoms. The molecule has 1 rings (SSSR count). The molecule has 0 aromatic heterocycles. The molecule has 0 heterocycles. The van der Waals surface area contributed by atoms with Crippen LogP contribution in [0.5, 0.6) is 5.75 Å². The molecule has 1 aromatic carbocycles. The van der Waals surface area contributed by atoms with Crippen molar-refractivity contribution in [2.24, 2.45) is 4.99 Å². The Kier molecular flexibility index (Phi) is 8.75. The Morgan fingerprint density at radius 1 is 1.08 bits per heavy atom. The Morgan fingerprint density at radius 2 is 1.69 bits per heavy atom. The van der Waals surface area contributed by atoms with Crippen LogP contribution in [0.4, 0.5) is 4.79 Å². The predicted octanol–water partition coefficient (Wildman–Crippen LogP) is 2.66. The van der Waals surface area contributed by atoms with Gasteiger partial charge in [0.15, 0.2) is 5.96 Å². The highest BCUT2D eigenvalue weighted by Gasteiger charge is 2.15. The van der Waals surface area contributed by atoms with Crippen LogP contribution in [-0.4, -0.2) is 43.9 Å². The number of nitrogens with one attached hydrogen (secondary N) is 3. The molecule has 1 aromatic rings. The highest BCUT2D eigenvalue weighted by atomic mass is 16.6. The van der Waals surface area contributed by atoms with Crippen molar-refractivity contribution in [1.82, 2.24) is 16.0 Å². The van der Waals surface area contributed by atoms with E-state index in [1.165, 1.54) is 0 Å². The Morgan fingerprint density at radius 3 is 2.23 bits per heavy atom. The molecule has 0 fully saturated rings. The lowest BCUT2D eigenvalue weighted by molar-refractivity contribution is 0.0529. The van der Waals surface area contributed by atoms with E-state index in [0.29, 0.717) is 25.6 Å². The number of nitrogens with zero attached hydrogens (tertiary/aromatic N) is 1. The Hall–Kier alpha value is -2.44. The van der Waals surface area contributed by atoms with Gasteiger partial charge in [0.2, 0.25) is 0 Å². The molecule has 146 valence electrons. The van der Waals surface area contributed by atoms with E-state index in [0.717, 1.165) is 11.3 Å². The molecule has 0 aliphatic rings. The van der Waals surface area contributed by atoms with Crippen LogP contribution in [0.2, 0.25) is 0 Å². The van der Waals surface area contributed by atoms with E-state index in [9.17, 15) is 4.79 Å². The second-order valence-electron chi connectivity index (χ2n) is 7.09. The van der Waals surface area contributed by atoms with E-state index in [1.54, 1.807) is 7.05 Å². The van der Waals surface area contributed by atoms with Gasteiger partial charge in [-0.1, -0.05) is 12.1 Å². The third-order valence-electron chi connectivity index (χ3n) is 3.06. The summed E-state index contributed by atoms with van der Waals surface area (Å²) in [6.07, 6.45) is -0.262. The molecule has 0 aliphatic carbocycles. The summed E-state index contributed by atoms with van der Waals surface area (Å²) in [7, 11) is 1.70. The standard InChI is InChI=1S/C19H32N4O3/c1-14(2)25-16-9-7-15(8-10-16)13-23-17(20-6)21-11-12-22-18(24)26-19(3,4)5/h7-10,14H,11-13H2,1-6H3,(H,22,24)(H2,20,21,23). The zero-order valence-corrected chi connectivity index (χ0v) is 16.7. The van der Waals surface area contributed by atoms with E-state index in [1.807, 2.05) is 58.9 Å². The predicted molar refractivity (Wildman–Crippen MR) is 105 cm³/mol. The lowest BCUT2D eigenvalue weighted by Gasteiger charge is -2.20. The molecule has 0 atom stereocenters. The average molecular weight is 364 g/mol. The quantitative estimate of drug-likeness (QED) is 0.394. The third-order valence-corrected chi connectivity index (χ3v) is 3.06. The number of aliphatic imine (C=N–C) groups is 1. The van der Waals surface area contributed by atoms with Crippen LogP contribution >= 0.6 is 0 Å². The highest BCUT2D eigenvalue weighted by Crippen LogP contribution is 2.13. The van der Waals surface area contributed by atoms with Gasteiger partial charge in [-0.05, 0) is 52.3 Å². The molecule has 0 spiro atoms. The average Bonchev–Trinajstić information content (AvgIpc) is 2.53. The lowest BCUT2D eigenvalue weighted by Crippen LogP contribution is -2.42. The number of amides is 1. The topological polar surface area (TPSA) is 84.0 Å². The molecule has 3 N–H and O–H groups in total. The van der Waals surface area contributed by atoms with Gasteiger partial charge in [-0.15, -0.1) is 0 Å². The molecule has 7 nitrogen and oxygen atoms in total. The summed E-state index contributed by atoms with van der Waals surface area (Å²) in [5, 5.41) is 9.06. The molecule has 0 aliphatic heterocycles. The van der Waals surface area contributed by atoms with Crippen LogP contribution in [0.3, 0.4) is 0 Å².